The van der Waals surface area contributed by atoms with E-state index in [1.807, 2.05) is 30.3 Å². The van der Waals surface area contributed by atoms with Gasteiger partial charge < -0.3 is 0 Å². The Morgan fingerprint density at radius 1 is 1.11 bits per heavy atom. The van der Waals surface area contributed by atoms with Crippen LogP contribution in [0.4, 0.5) is 5.00 Å². The molecule has 0 fully saturated rings. The number of hydrogen-bond donors (Lipinski definition) is 0. The Kier molecular flexibility index (Phi) is 3.08. The van der Waals surface area contributed by atoms with Gasteiger partial charge >= 0.3 is 0 Å². The zero-order valence-electron chi connectivity index (χ0n) is 10.1. The monoisotopic (exact) mass is 309 g/mol. The van der Waals surface area contributed by atoms with Crippen LogP contribution in [0.5, 0.6) is 0 Å². The van der Waals surface area contributed by atoms with Crippen LogP contribution in [-0.4, -0.2) is 15.5 Å². The summed E-state index contributed by atoms with van der Waals surface area (Å²) in [5.41, 5.74) is 0. The maximum atomic E-state index is 12.4. The number of benzene rings is 1. The molecule has 1 aromatic carbocycles. The molecular weight excluding hydrogens is 298 g/mol. The first kappa shape index (κ1) is 12.7. The van der Waals surface area contributed by atoms with Crippen LogP contribution in [0.25, 0.3) is 10.1 Å². The lowest BCUT2D eigenvalue weighted by atomic mass is 10.3. The molecule has 3 rings (SSSR count). The summed E-state index contributed by atoms with van der Waals surface area (Å²) in [5.74, 6) is 0. The number of rotatable bonds is 3. The summed E-state index contributed by atoms with van der Waals surface area (Å²) in [7, 11) is -1.84. The van der Waals surface area contributed by atoms with E-state index >= 15 is 0 Å². The second-order valence-electron chi connectivity index (χ2n) is 4.03. The van der Waals surface area contributed by atoms with Crippen molar-refractivity contribution < 1.29 is 8.42 Å². The maximum absolute atomic E-state index is 12.4. The minimum Gasteiger partial charge on any atom is -0.259 e. The van der Waals surface area contributed by atoms with Gasteiger partial charge in [-0.2, -0.15) is 0 Å². The van der Waals surface area contributed by atoms with Gasteiger partial charge in [-0.3, -0.25) is 4.31 Å². The van der Waals surface area contributed by atoms with E-state index in [1.54, 1.807) is 24.6 Å². The van der Waals surface area contributed by atoms with Crippen LogP contribution in [0.2, 0.25) is 0 Å². The van der Waals surface area contributed by atoms with Crippen LogP contribution < -0.4 is 4.31 Å². The van der Waals surface area contributed by atoms with Gasteiger partial charge in [0.1, 0.15) is 9.21 Å². The molecule has 0 radical (unpaired) electrons. The van der Waals surface area contributed by atoms with Crippen LogP contribution >= 0.6 is 22.7 Å². The molecule has 0 unspecified atom stereocenters. The van der Waals surface area contributed by atoms with Gasteiger partial charge in [0, 0.05) is 11.7 Å². The molecule has 0 aliphatic carbocycles. The number of hydrogen-bond acceptors (Lipinski definition) is 4. The van der Waals surface area contributed by atoms with Gasteiger partial charge in [-0.1, -0.05) is 24.3 Å². The summed E-state index contributed by atoms with van der Waals surface area (Å²) in [6.07, 6.45) is 0. The van der Waals surface area contributed by atoms with Gasteiger partial charge in [0.15, 0.2) is 0 Å². The number of sulfonamides is 1. The molecular formula is C13H11NO2S3. The zero-order chi connectivity index (χ0) is 13.5. The number of anilines is 1. The summed E-state index contributed by atoms with van der Waals surface area (Å²) in [6, 6.07) is 13.2. The Bertz CT molecular complexity index is 770. The summed E-state index contributed by atoms with van der Waals surface area (Å²) in [6.45, 7) is 0. The standard InChI is InChI=1S/C13H11NO2S3/c1-14(19(15,16)13-7-4-8-17-13)12-9-10-5-2-3-6-11(10)18-12/h2-9H,1H3. The third-order valence-corrected chi connectivity index (χ3v) is 7.29. The largest absolute Gasteiger partial charge is 0.274 e. The molecule has 3 aromatic rings. The van der Waals surface area contributed by atoms with E-state index in [4.69, 9.17) is 0 Å². The molecule has 0 atom stereocenters. The van der Waals surface area contributed by atoms with Gasteiger partial charge in [-0.05, 0) is 29.0 Å². The first-order chi connectivity index (χ1) is 9.09. The lowest BCUT2D eigenvalue weighted by Crippen LogP contribution is -2.24. The van der Waals surface area contributed by atoms with Crippen molar-refractivity contribution in [2.75, 3.05) is 11.4 Å². The van der Waals surface area contributed by atoms with Crippen LogP contribution in [-0.2, 0) is 10.0 Å². The molecule has 0 aliphatic rings. The number of fused-ring (bicyclic) bond motifs is 1. The van der Waals surface area contributed by atoms with E-state index in [9.17, 15) is 8.42 Å². The predicted molar refractivity (Wildman–Crippen MR) is 81.7 cm³/mol. The highest BCUT2D eigenvalue weighted by molar-refractivity contribution is 7.95. The van der Waals surface area contributed by atoms with Crippen molar-refractivity contribution in [2.24, 2.45) is 0 Å². The van der Waals surface area contributed by atoms with Gasteiger partial charge in [0.05, 0.1) is 0 Å². The smallest absolute Gasteiger partial charge is 0.259 e. The zero-order valence-corrected chi connectivity index (χ0v) is 12.6. The van der Waals surface area contributed by atoms with E-state index in [-0.39, 0.29) is 0 Å². The van der Waals surface area contributed by atoms with Crippen LogP contribution in [0.3, 0.4) is 0 Å². The van der Waals surface area contributed by atoms with E-state index in [2.05, 4.69) is 0 Å². The SMILES string of the molecule is CN(c1cc2ccccc2s1)S(=O)(=O)c1cccs1. The summed E-state index contributed by atoms with van der Waals surface area (Å²) < 4.78 is 27.6. The quantitative estimate of drug-likeness (QED) is 0.738. The predicted octanol–water partition coefficient (Wildman–Crippen LogP) is 3.79. The number of thiophene rings is 2. The summed E-state index contributed by atoms with van der Waals surface area (Å²) in [4.78, 5) is 0. The molecule has 0 aliphatic heterocycles. The minimum atomic E-state index is -3.43. The third-order valence-electron chi connectivity index (χ3n) is 2.83. The molecule has 0 spiro atoms. The lowest BCUT2D eigenvalue weighted by molar-refractivity contribution is 0.596. The molecule has 3 nitrogen and oxygen atoms in total. The van der Waals surface area contributed by atoms with Crippen molar-refractivity contribution in [3.63, 3.8) is 0 Å². The van der Waals surface area contributed by atoms with Gasteiger partial charge in [-0.15, -0.1) is 22.7 Å². The fourth-order valence-corrected chi connectivity index (χ4v) is 5.37. The average Bonchev–Trinajstić information content (AvgIpc) is 3.06. The Labute approximate surface area is 119 Å². The highest BCUT2D eigenvalue weighted by atomic mass is 32.2. The van der Waals surface area contributed by atoms with Gasteiger partial charge in [-0.25, -0.2) is 8.42 Å². The molecule has 2 aromatic heterocycles. The van der Waals surface area contributed by atoms with E-state index < -0.39 is 10.0 Å². The van der Waals surface area contributed by atoms with Crippen molar-refractivity contribution in [1.82, 2.24) is 0 Å². The van der Waals surface area contributed by atoms with Gasteiger partial charge in [0.25, 0.3) is 10.0 Å². The Hall–Kier alpha value is -1.37. The van der Waals surface area contributed by atoms with E-state index in [1.165, 1.54) is 27.0 Å². The van der Waals surface area contributed by atoms with Crippen LogP contribution in [0.1, 0.15) is 0 Å². The van der Waals surface area contributed by atoms with Crippen molar-refractivity contribution in [2.45, 2.75) is 4.21 Å². The van der Waals surface area contributed by atoms with E-state index in [0.717, 1.165) is 15.1 Å². The highest BCUT2D eigenvalue weighted by Gasteiger charge is 2.23. The van der Waals surface area contributed by atoms with Gasteiger partial charge in [0.2, 0.25) is 0 Å². The van der Waals surface area contributed by atoms with Crippen molar-refractivity contribution in [3.8, 4) is 0 Å². The minimum absolute atomic E-state index is 0.368. The lowest BCUT2D eigenvalue weighted by Gasteiger charge is -2.15. The molecule has 0 amide bonds. The molecule has 0 bridgehead atoms. The third kappa shape index (κ3) is 2.16. The first-order valence-electron chi connectivity index (χ1n) is 5.60. The summed E-state index contributed by atoms with van der Waals surface area (Å²) >= 11 is 2.72. The first-order valence-corrected chi connectivity index (χ1v) is 8.74. The fraction of sp³-hybridized carbons (Fsp3) is 0.0769. The Balaban J connectivity index is 2.06. The molecule has 0 N–H and O–H groups in total. The summed E-state index contributed by atoms with van der Waals surface area (Å²) in [5, 5.41) is 3.57. The van der Waals surface area contributed by atoms with Crippen molar-refractivity contribution in [3.05, 3.63) is 47.8 Å². The molecule has 98 valence electrons. The second kappa shape index (κ2) is 4.63. The Morgan fingerprint density at radius 2 is 1.89 bits per heavy atom. The normalized spacial score (nSPS) is 11.8. The van der Waals surface area contributed by atoms with Crippen molar-refractivity contribution >= 4 is 47.8 Å². The maximum Gasteiger partial charge on any atom is 0.274 e. The molecule has 2 heterocycles. The molecule has 6 heteroatoms. The highest BCUT2D eigenvalue weighted by Crippen LogP contribution is 2.34. The molecule has 0 saturated heterocycles. The Morgan fingerprint density at radius 3 is 2.58 bits per heavy atom. The van der Waals surface area contributed by atoms with E-state index in [0.29, 0.717) is 4.21 Å². The topological polar surface area (TPSA) is 37.4 Å². The molecule has 19 heavy (non-hydrogen) atoms. The number of nitrogens with zero attached hydrogens (tertiary/aromatic N) is 1. The fourth-order valence-electron chi connectivity index (χ4n) is 1.79. The average molecular weight is 309 g/mol. The van der Waals surface area contributed by atoms with Crippen LogP contribution in [0, 0.1) is 0 Å². The van der Waals surface area contributed by atoms with Crippen molar-refractivity contribution in [1.29, 1.82) is 0 Å². The van der Waals surface area contributed by atoms with Crippen LogP contribution in [0.15, 0.2) is 52.1 Å². The molecule has 0 saturated carbocycles. The second-order valence-corrected chi connectivity index (χ2v) is 8.23.